The van der Waals surface area contributed by atoms with Crippen molar-refractivity contribution in [3.63, 3.8) is 0 Å². The van der Waals surface area contributed by atoms with Gasteiger partial charge in [-0.1, -0.05) is 48.5 Å². The summed E-state index contributed by atoms with van der Waals surface area (Å²) < 4.78 is 1.81. The molecule has 4 heterocycles. The van der Waals surface area contributed by atoms with Gasteiger partial charge in [-0.2, -0.15) is 4.52 Å². The van der Waals surface area contributed by atoms with Crippen LogP contribution in [-0.2, 0) is 4.79 Å². The summed E-state index contributed by atoms with van der Waals surface area (Å²) in [6.45, 7) is 5.01. The standard InChI is InChI=1S/C27H29N7O/c35-27(33-19-17-31(18-20-33)23-9-5-2-6-10-23)22-13-15-32(16-14-22)25-12-11-24-28-29-26(34(24)30-25)21-7-3-1-4-8-21/h1-12,22H,13-20H2. The van der Waals surface area contributed by atoms with Gasteiger partial charge in [-0.05, 0) is 37.1 Å². The van der Waals surface area contributed by atoms with Crippen LogP contribution >= 0.6 is 0 Å². The number of nitrogens with zero attached hydrogens (tertiary/aromatic N) is 7. The summed E-state index contributed by atoms with van der Waals surface area (Å²) in [7, 11) is 0. The highest BCUT2D eigenvalue weighted by Gasteiger charge is 2.31. The van der Waals surface area contributed by atoms with Crippen molar-refractivity contribution in [2.45, 2.75) is 12.8 Å². The Hall–Kier alpha value is -3.94. The number of carbonyl (C=O) groups excluding carboxylic acids is 1. The highest BCUT2D eigenvalue weighted by Crippen LogP contribution is 2.26. The normalized spacial score (nSPS) is 17.2. The molecule has 2 aromatic heterocycles. The summed E-state index contributed by atoms with van der Waals surface area (Å²) in [5.41, 5.74) is 2.95. The molecule has 2 aliphatic rings. The second-order valence-electron chi connectivity index (χ2n) is 9.26. The van der Waals surface area contributed by atoms with Crippen LogP contribution in [-0.4, -0.2) is 69.9 Å². The molecular formula is C27H29N7O. The van der Waals surface area contributed by atoms with E-state index in [1.54, 1.807) is 0 Å². The third-order valence-corrected chi connectivity index (χ3v) is 7.16. The van der Waals surface area contributed by atoms with E-state index in [1.807, 2.05) is 53.0 Å². The van der Waals surface area contributed by atoms with Gasteiger partial charge in [0.2, 0.25) is 5.91 Å². The number of fused-ring (bicyclic) bond motifs is 1. The number of rotatable bonds is 4. The molecule has 6 rings (SSSR count). The van der Waals surface area contributed by atoms with Gasteiger partial charge in [-0.3, -0.25) is 4.79 Å². The van der Waals surface area contributed by atoms with Crippen molar-refractivity contribution in [2.75, 3.05) is 49.1 Å². The zero-order valence-corrected chi connectivity index (χ0v) is 19.7. The largest absolute Gasteiger partial charge is 0.368 e. The molecule has 8 heteroatoms. The number of carbonyl (C=O) groups is 1. The van der Waals surface area contributed by atoms with Crippen LogP contribution in [0.1, 0.15) is 12.8 Å². The molecule has 2 aromatic carbocycles. The molecule has 0 saturated carbocycles. The van der Waals surface area contributed by atoms with Crippen molar-refractivity contribution in [1.82, 2.24) is 24.7 Å². The Morgan fingerprint density at radius 1 is 0.714 bits per heavy atom. The second-order valence-corrected chi connectivity index (χ2v) is 9.26. The van der Waals surface area contributed by atoms with Crippen molar-refractivity contribution < 1.29 is 4.79 Å². The van der Waals surface area contributed by atoms with E-state index in [-0.39, 0.29) is 5.92 Å². The number of para-hydroxylation sites is 1. The number of benzene rings is 2. The van der Waals surface area contributed by atoms with Crippen molar-refractivity contribution in [2.24, 2.45) is 5.92 Å². The Morgan fingerprint density at radius 3 is 2.11 bits per heavy atom. The summed E-state index contributed by atoms with van der Waals surface area (Å²) in [5, 5.41) is 13.5. The van der Waals surface area contributed by atoms with Crippen molar-refractivity contribution in [3.05, 3.63) is 72.8 Å². The molecule has 178 valence electrons. The SMILES string of the molecule is O=C(C1CCN(c2ccc3nnc(-c4ccccc4)n3n2)CC1)N1CCN(c2ccccc2)CC1. The molecule has 8 nitrogen and oxygen atoms in total. The zero-order valence-electron chi connectivity index (χ0n) is 19.7. The quantitative estimate of drug-likeness (QED) is 0.459. The van der Waals surface area contributed by atoms with Crippen molar-refractivity contribution >= 4 is 23.1 Å². The number of piperazine rings is 1. The van der Waals surface area contributed by atoms with Gasteiger partial charge in [0.05, 0.1) is 0 Å². The van der Waals surface area contributed by atoms with E-state index in [4.69, 9.17) is 5.10 Å². The van der Waals surface area contributed by atoms with Crippen LogP contribution in [0.25, 0.3) is 17.0 Å². The van der Waals surface area contributed by atoms with Crippen LogP contribution in [0.4, 0.5) is 11.5 Å². The van der Waals surface area contributed by atoms with Gasteiger partial charge in [-0.15, -0.1) is 15.3 Å². The van der Waals surface area contributed by atoms with E-state index in [2.05, 4.69) is 49.2 Å². The first-order valence-electron chi connectivity index (χ1n) is 12.4. The summed E-state index contributed by atoms with van der Waals surface area (Å²) in [6, 6.07) is 24.4. The Bertz CT molecular complexity index is 1290. The maximum Gasteiger partial charge on any atom is 0.225 e. The Labute approximate surface area is 204 Å². The molecule has 0 aliphatic carbocycles. The minimum atomic E-state index is 0.0908. The number of hydrogen-bond acceptors (Lipinski definition) is 6. The van der Waals surface area contributed by atoms with E-state index in [0.29, 0.717) is 5.91 Å². The van der Waals surface area contributed by atoms with E-state index in [9.17, 15) is 4.79 Å². The fraction of sp³-hybridized carbons (Fsp3) is 0.333. The number of amides is 1. The highest BCUT2D eigenvalue weighted by molar-refractivity contribution is 5.79. The highest BCUT2D eigenvalue weighted by atomic mass is 16.2. The lowest BCUT2D eigenvalue weighted by Gasteiger charge is -2.39. The van der Waals surface area contributed by atoms with Crippen LogP contribution in [0, 0.1) is 5.92 Å². The van der Waals surface area contributed by atoms with E-state index in [0.717, 1.165) is 75.0 Å². The Kier molecular flexibility index (Phi) is 5.78. The topological polar surface area (TPSA) is 69.9 Å². The third kappa shape index (κ3) is 4.32. The van der Waals surface area contributed by atoms with Crippen LogP contribution in [0.2, 0.25) is 0 Å². The van der Waals surface area contributed by atoms with Crippen molar-refractivity contribution in [1.29, 1.82) is 0 Å². The summed E-state index contributed by atoms with van der Waals surface area (Å²) >= 11 is 0. The molecule has 2 aliphatic heterocycles. The van der Waals surface area contributed by atoms with Crippen LogP contribution in [0.15, 0.2) is 72.8 Å². The molecule has 4 aromatic rings. The predicted octanol–water partition coefficient (Wildman–Crippen LogP) is 3.36. The molecule has 0 N–H and O–H groups in total. The monoisotopic (exact) mass is 467 g/mol. The minimum Gasteiger partial charge on any atom is -0.368 e. The van der Waals surface area contributed by atoms with Crippen molar-refractivity contribution in [3.8, 4) is 11.4 Å². The molecule has 0 bridgehead atoms. The van der Waals surface area contributed by atoms with Gasteiger partial charge >= 0.3 is 0 Å². The lowest BCUT2D eigenvalue weighted by molar-refractivity contribution is -0.136. The molecule has 35 heavy (non-hydrogen) atoms. The summed E-state index contributed by atoms with van der Waals surface area (Å²) in [5.74, 6) is 2.04. The maximum atomic E-state index is 13.2. The summed E-state index contributed by atoms with van der Waals surface area (Å²) in [4.78, 5) is 19.9. The zero-order chi connectivity index (χ0) is 23.6. The first-order chi connectivity index (χ1) is 17.3. The molecule has 2 saturated heterocycles. The first kappa shape index (κ1) is 21.6. The van der Waals surface area contributed by atoms with Crippen LogP contribution < -0.4 is 9.80 Å². The molecule has 0 atom stereocenters. The van der Waals surface area contributed by atoms with Gasteiger partial charge in [-0.25, -0.2) is 0 Å². The minimum absolute atomic E-state index is 0.0908. The number of aromatic nitrogens is 4. The molecule has 1 amide bonds. The number of piperidine rings is 1. The van der Waals surface area contributed by atoms with Gasteiger partial charge < -0.3 is 14.7 Å². The lowest BCUT2D eigenvalue weighted by atomic mass is 9.95. The Balaban J connectivity index is 1.08. The third-order valence-electron chi connectivity index (χ3n) is 7.16. The second kappa shape index (κ2) is 9.37. The van der Waals surface area contributed by atoms with Gasteiger partial charge in [0.25, 0.3) is 0 Å². The van der Waals surface area contributed by atoms with Gasteiger partial charge in [0.15, 0.2) is 11.5 Å². The smallest absolute Gasteiger partial charge is 0.225 e. The first-order valence-corrected chi connectivity index (χ1v) is 12.4. The van der Waals surface area contributed by atoms with E-state index >= 15 is 0 Å². The van der Waals surface area contributed by atoms with Gasteiger partial charge in [0.1, 0.15) is 5.82 Å². The number of anilines is 2. The van der Waals surface area contributed by atoms with Crippen LogP contribution in [0.3, 0.4) is 0 Å². The van der Waals surface area contributed by atoms with E-state index < -0.39 is 0 Å². The molecule has 0 unspecified atom stereocenters. The Morgan fingerprint density at radius 2 is 1.40 bits per heavy atom. The fourth-order valence-electron chi connectivity index (χ4n) is 5.15. The summed E-state index contributed by atoms with van der Waals surface area (Å²) in [6.07, 6.45) is 1.70. The van der Waals surface area contributed by atoms with Crippen LogP contribution in [0.5, 0.6) is 0 Å². The average molecular weight is 468 g/mol. The molecule has 0 spiro atoms. The molecule has 0 radical (unpaired) electrons. The van der Waals surface area contributed by atoms with Gasteiger partial charge in [0, 0.05) is 56.4 Å². The maximum absolute atomic E-state index is 13.2. The van der Waals surface area contributed by atoms with E-state index in [1.165, 1.54) is 5.69 Å². The lowest BCUT2D eigenvalue weighted by Crippen LogP contribution is -2.51. The number of hydrogen-bond donors (Lipinski definition) is 0. The predicted molar refractivity (Wildman–Crippen MR) is 136 cm³/mol. The average Bonchev–Trinajstić information content (AvgIpc) is 3.37. The molecule has 2 fully saturated rings. The molecular weight excluding hydrogens is 438 g/mol. The fourth-order valence-corrected chi connectivity index (χ4v) is 5.15.